The monoisotopic (exact) mass is 457 g/mol. The highest BCUT2D eigenvalue weighted by Gasteiger charge is 2.34. The van der Waals surface area contributed by atoms with E-state index in [1.54, 1.807) is 4.90 Å². The van der Waals surface area contributed by atoms with Gasteiger partial charge in [0, 0.05) is 13.0 Å². The van der Waals surface area contributed by atoms with Crippen LogP contribution in [0.5, 0.6) is 0 Å². The molecule has 4 heteroatoms. The number of unbranched alkanes of at least 4 members (excludes halogenated alkanes) is 12. The summed E-state index contributed by atoms with van der Waals surface area (Å²) in [6.45, 7) is 3.43. The first-order valence-corrected chi connectivity index (χ1v) is 13.7. The molecule has 0 N–H and O–H groups in total. The van der Waals surface area contributed by atoms with E-state index in [0.717, 1.165) is 37.7 Å². The summed E-state index contributed by atoms with van der Waals surface area (Å²) in [7, 11) is 0. The minimum atomic E-state index is -0.379. The quantitative estimate of drug-likeness (QED) is 0.172. The molecule has 0 aliphatic carbocycles. The van der Waals surface area contributed by atoms with Crippen LogP contribution in [-0.2, 0) is 20.7 Å². The van der Waals surface area contributed by atoms with Gasteiger partial charge in [-0.25, -0.2) is 4.79 Å². The Kier molecular flexibility index (Phi) is 14.6. The number of nitrogens with zero attached hydrogens (tertiary/aromatic N) is 1. The Labute approximate surface area is 202 Å². The zero-order valence-electron chi connectivity index (χ0n) is 21.1. The molecule has 1 atom stereocenters. The van der Waals surface area contributed by atoms with Gasteiger partial charge < -0.3 is 9.64 Å². The van der Waals surface area contributed by atoms with Crippen LogP contribution in [0.15, 0.2) is 30.3 Å². The van der Waals surface area contributed by atoms with Gasteiger partial charge in [-0.1, -0.05) is 114 Å². The average molecular weight is 458 g/mol. The van der Waals surface area contributed by atoms with E-state index in [0.29, 0.717) is 19.6 Å². The number of carbonyl (C=O) groups is 2. The van der Waals surface area contributed by atoms with Crippen molar-refractivity contribution in [2.75, 3.05) is 13.2 Å². The molecule has 0 bridgehead atoms. The fourth-order valence-corrected chi connectivity index (χ4v) is 4.74. The van der Waals surface area contributed by atoms with E-state index in [9.17, 15) is 9.59 Å². The number of carbonyl (C=O) groups excluding carboxylic acids is 2. The molecule has 0 radical (unpaired) electrons. The van der Waals surface area contributed by atoms with Crippen molar-refractivity contribution >= 4 is 11.9 Å². The van der Waals surface area contributed by atoms with Crippen LogP contribution in [0, 0.1) is 0 Å². The van der Waals surface area contributed by atoms with Crippen molar-refractivity contribution in [3.8, 4) is 0 Å². The molecule has 33 heavy (non-hydrogen) atoms. The molecule has 1 amide bonds. The van der Waals surface area contributed by atoms with E-state index in [1.165, 1.54) is 70.6 Å². The largest absolute Gasteiger partial charge is 0.464 e. The number of hydrogen-bond donors (Lipinski definition) is 0. The summed E-state index contributed by atoms with van der Waals surface area (Å²) in [5.41, 5.74) is 1.16. The molecule has 4 nitrogen and oxygen atoms in total. The zero-order valence-corrected chi connectivity index (χ0v) is 21.1. The maximum Gasteiger partial charge on any atom is 0.328 e. The van der Waals surface area contributed by atoms with Crippen molar-refractivity contribution in [3.05, 3.63) is 35.9 Å². The number of ether oxygens (including phenoxy) is 1. The molecule has 1 heterocycles. The molecule has 1 aromatic carbocycles. The third-order valence-electron chi connectivity index (χ3n) is 6.81. The molecule has 1 unspecified atom stereocenters. The van der Waals surface area contributed by atoms with Gasteiger partial charge in [0.1, 0.15) is 6.04 Å². The normalized spacial score (nSPS) is 15.7. The smallest absolute Gasteiger partial charge is 0.328 e. The fourth-order valence-electron chi connectivity index (χ4n) is 4.74. The molecular weight excluding hydrogens is 410 g/mol. The molecule has 1 aliphatic rings. The van der Waals surface area contributed by atoms with Crippen molar-refractivity contribution in [1.82, 2.24) is 4.90 Å². The van der Waals surface area contributed by atoms with Crippen LogP contribution in [-0.4, -0.2) is 36.0 Å². The van der Waals surface area contributed by atoms with Crippen LogP contribution in [0.1, 0.15) is 115 Å². The molecule has 0 aromatic heterocycles. The van der Waals surface area contributed by atoms with Gasteiger partial charge in [-0.3, -0.25) is 4.79 Å². The van der Waals surface area contributed by atoms with E-state index in [2.05, 4.69) is 6.92 Å². The van der Waals surface area contributed by atoms with Gasteiger partial charge in [-0.05, 0) is 31.2 Å². The van der Waals surface area contributed by atoms with Gasteiger partial charge in [-0.2, -0.15) is 0 Å². The molecule has 0 spiro atoms. The second-order valence-electron chi connectivity index (χ2n) is 9.64. The third-order valence-corrected chi connectivity index (χ3v) is 6.81. The summed E-state index contributed by atoms with van der Waals surface area (Å²) in [4.78, 5) is 26.9. The minimum absolute atomic E-state index is 0.0688. The maximum atomic E-state index is 12.7. The summed E-state index contributed by atoms with van der Waals surface area (Å²) in [6.07, 6.45) is 19.7. The zero-order chi connectivity index (χ0) is 23.6. The molecule has 186 valence electrons. The number of hydrogen-bond acceptors (Lipinski definition) is 3. The van der Waals surface area contributed by atoms with Gasteiger partial charge in [0.05, 0.1) is 6.61 Å². The minimum Gasteiger partial charge on any atom is -0.464 e. The number of likely N-dealkylation sites (tertiary alicyclic amines) is 1. The van der Waals surface area contributed by atoms with Crippen molar-refractivity contribution < 1.29 is 14.3 Å². The van der Waals surface area contributed by atoms with Gasteiger partial charge in [-0.15, -0.1) is 0 Å². The van der Waals surface area contributed by atoms with Crippen LogP contribution in [0.4, 0.5) is 0 Å². The highest BCUT2D eigenvalue weighted by Crippen LogP contribution is 2.20. The lowest BCUT2D eigenvalue weighted by Gasteiger charge is -2.23. The highest BCUT2D eigenvalue weighted by molar-refractivity contribution is 5.85. The molecular formula is C29H47NO3. The molecule has 1 aliphatic heterocycles. The van der Waals surface area contributed by atoms with E-state index >= 15 is 0 Å². The molecule has 1 saturated heterocycles. The molecule has 0 saturated carbocycles. The summed E-state index contributed by atoms with van der Waals surface area (Å²) >= 11 is 0. The molecule has 1 fully saturated rings. The summed E-state index contributed by atoms with van der Waals surface area (Å²) in [5.74, 6) is -0.140. The van der Waals surface area contributed by atoms with Gasteiger partial charge >= 0.3 is 5.97 Å². The van der Waals surface area contributed by atoms with Gasteiger partial charge in [0.25, 0.3) is 0 Å². The Balaban J connectivity index is 1.47. The van der Waals surface area contributed by atoms with Crippen LogP contribution in [0.25, 0.3) is 0 Å². The topological polar surface area (TPSA) is 46.6 Å². The Morgan fingerprint density at radius 1 is 0.848 bits per heavy atom. The van der Waals surface area contributed by atoms with Crippen LogP contribution < -0.4 is 0 Å². The van der Waals surface area contributed by atoms with E-state index in [4.69, 9.17) is 4.74 Å². The molecule has 2 rings (SSSR count). The van der Waals surface area contributed by atoms with Crippen molar-refractivity contribution in [3.63, 3.8) is 0 Å². The second kappa shape index (κ2) is 17.6. The maximum absolute atomic E-state index is 12.7. The van der Waals surface area contributed by atoms with E-state index in [1.807, 2.05) is 30.3 Å². The lowest BCUT2D eigenvalue weighted by atomic mass is 10.0. The number of aryl methyl sites for hydroxylation is 1. The molecule has 1 aromatic rings. The predicted molar refractivity (Wildman–Crippen MR) is 136 cm³/mol. The van der Waals surface area contributed by atoms with E-state index < -0.39 is 0 Å². The Morgan fingerprint density at radius 3 is 2.03 bits per heavy atom. The Bertz CT molecular complexity index is 646. The second-order valence-corrected chi connectivity index (χ2v) is 9.64. The van der Waals surface area contributed by atoms with Crippen molar-refractivity contribution in [1.29, 1.82) is 0 Å². The number of rotatable bonds is 18. The van der Waals surface area contributed by atoms with E-state index in [-0.39, 0.29) is 17.9 Å². The first-order valence-electron chi connectivity index (χ1n) is 13.7. The van der Waals surface area contributed by atoms with Crippen molar-refractivity contribution in [2.45, 2.75) is 122 Å². The van der Waals surface area contributed by atoms with Gasteiger partial charge in [0.2, 0.25) is 5.91 Å². The number of esters is 1. The number of benzene rings is 1. The number of amides is 1. The SMILES string of the molecule is CCCCCCCCCCCCCCCOC(=O)C1CCCN1C(=O)CCc1ccccc1. The fraction of sp³-hybridized carbons (Fsp3) is 0.724. The van der Waals surface area contributed by atoms with Crippen LogP contribution in [0.2, 0.25) is 0 Å². The lowest BCUT2D eigenvalue weighted by molar-refractivity contribution is -0.153. The summed E-state index contributed by atoms with van der Waals surface area (Å²) in [5, 5.41) is 0. The Morgan fingerprint density at radius 2 is 1.42 bits per heavy atom. The lowest BCUT2D eigenvalue weighted by Crippen LogP contribution is -2.41. The summed E-state index contributed by atoms with van der Waals surface area (Å²) in [6, 6.07) is 9.67. The first kappa shape index (κ1) is 27.4. The van der Waals surface area contributed by atoms with Crippen molar-refractivity contribution in [2.24, 2.45) is 0 Å². The van der Waals surface area contributed by atoms with Crippen LogP contribution >= 0.6 is 0 Å². The highest BCUT2D eigenvalue weighted by atomic mass is 16.5. The average Bonchev–Trinajstić information content (AvgIpc) is 3.33. The summed E-state index contributed by atoms with van der Waals surface area (Å²) < 4.78 is 5.54. The third kappa shape index (κ3) is 11.7. The first-order chi connectivity index (χ1) is 16.2. The Hall–Kier alpha value is -1.84. The predicted octanol–water partition coefficient (Wildman–Crippen LogP) is 7.24. The van der Waals surface area contributed by atoms with Gasteiger partial charge in [0.15, 0.2) is 0 Å². The van der Waals surface area contributed by atoms with Crippen LogP contribution in [0.3, 0.4) is 0 Å². The standard InChI is InChI=1S/C29H47NO3/c1-2-3-4-5-6-7-8-9-10-11-12-13-17-25-33-29(32)27-21-18-24-30(27)28(31)23-22-26-19-15-14-16-20-26/h14-16,19-20,27H,2-13,17-18,21-25H2,1H3.